The molecule has 2 aliphatic heterocycles. The molecule has 3 heterocycles. The highest BCUT2D eigenvalue weighted by Gasteiger charge is 2.22. The summed E-state index contributed by atoms with van der Waals surface area (Å²) >= 11 is 0. The Bertz CT molecular complexity index is 342. The van der Waals surface area contributed by atoms with Crippen molar-refractivity contribution in [2.75, 3.05) is 25.1 Å². The van der Waals surface area contributed by atoms with Crippen molar-refractivity contribution < 1.29 is 4.74 Å². The van der Waals surface area contributed by atoms with Gasteiger partial charge < -0.3 is 10.1 Å². The zero-order chi connectivity index (χ0) is 10.1. The lowest BCUT2D eigenvalue weighted by molar-refractivity contribution is 0.0668. The first kappa shape index (κ1) is 9.21. The summed E-state index contributed by atoms with van der Waals surface area (Å²) in [5.41, 5.74) is 1.38. The van der Waals surface area contributed by atoms with Crippen LogP contribution in [-0.4, -0.2) is 29.5 Å². The Kier molecular flexibility index (Phi) is 2.37. The van der Waals surface area contributed by atoms with Gasteiger partial charge in [-0.15, -0.1) is 0 Å². The highest BCUT2D eigenvalue weighted by Crippen LogP contribution is 2.28. The van der Waals surface area contributed by atoms with Crippen molar-refractivity contribution in [3.63, 3.8) is 0 Å². The van der Waals surface area contributed by atoms with E-state index >= 15 is 0 Å². The van der Waals surface area contributed by atoms with Crippen molar-refractivity contribution in [2.45, 2.75) is 31.7 Å². The molecule has 82 valence electrons. The molecule has 1 aromatic heterocycles. The normalized spacial score (nSPS) is 22.1. The maximum absolute atomic E-state index is 5.38. The van der Waals surface area contributed by atoms with Crippen molar-refractivity contribution in [3.8, 4) is 0 Å². The van der Waals surface area contributed by atoms with Gasteiger partial charge in [-0.2, -0.15) is 5.10 Å². The SMILES string of the molecule is c1nn(C2CCOCC2)c2c1CCCN2. The predicted molar refractivity (Wildman–Crippen MR) is 58.1 cm³/mol. The summed E-state index contributed by atoms with van der Waals surface area (Å²) in [6, 6.07) is 0.535. The Morgan fingerprint density at radius 1 is 1.40 bits per heavy atom. The molecular weight excluding hydrogens is 190 g/mol. The molecule has 0 atom stereocenters. The summed E-state index contributed by atoms with van der Waals surface area (Å²) in [4.78, 5) is 0. The van der Waals surface area contributed by atoms with Gasteiger partial charge in [0.2, 0.25) is 0 Å². The number of aryl methyl sites for hydroxylation is 1. The number of ether oxygens (including phenoxy) is 1. The summed E-state index contributed by atoms with van der Waals surface area (Å²) < 4.78 is 7.56. The van der Waals surface area contributed by atoms with Gasteiger partial charge in [-0.25, -0.2) is 4.68 Å². The first-order valence-electron chi connectivity index (χ1n) is 5.83. The number of hydrogen-bond donors (Lipinski definition) is 1. The van der Waals surface area contributed by atoms with Gasteiger partial charge in [0, 0.05) is 25.3 Å². The third-order valence-corrected chi connectivity index (χ3v) is 3.32. The van der Waals surface area contributed by atoms with Crippen LogP contribution in [0.5, 0.6) is 0 Å². The Hall–Kier alpha value is -1.03. The topological polar surface area (TPSA) is 39.1 Å². The molecule has 0 amide bonds. The van der Waals surface area contributed by atoms with Gasteiger partial charge in [-0.3, -0.25) is 0 Å². The minimum Gasteiger partial charge on any atom is -0.381 e. The summed E-state index contributed by atoms with van der Waals surface area (Å²) in [6.07, 6.45) is 6.61. The van der Waals surface area contributed by atoms with Gasteiger partial charge in [-0.05, 0) is 25.7 Å². The van der Waals surface area contributed by atoms with Crippen LogP contribution in [0.4, 0.5) is 5.82 Å². The second-order valence-electron chi connectivity index (χ2n) is 4.34. The molecule has 2 aliphatic rings. The van der Waals surface area contributed by atoms with Crippen molar-refractivity contribution in [1.29, 1.82) is 0 Å². The Labute approximate surface area is 89.6 Å². The monoisotopic (exact) mass is 207 g/mol. The molecule has 0 radical (unpaired) electrons. The fourth-order valence-corrected chi connectivity index (χ4v) is 2.47. The number of rotatable bonds is 1. The fourth-order valence-electron chi connectivity index (χ4n) is 2.47. The van der Waals surface area contributed by atoms with Crippen LogP contribution in [0.3, 0.4) is 0 Å². The smallest absolute Gasteiger partial charge is 0.127 e. The van der Waals surface area contributed by atoms with Gasteiger partial charge in [0.1, 0.15) is 5.82 Å². The van der Waals surface area contributed by atoms with E-state index in [1.54, 1.807) is 0 Å². The molecule has 15 heavy (non-hydrogen) atoms. The van der Waals surface area contributed by atoms with Crippen LogP contribution in [0.25, 0.3) is 0 Å². The third kappa shape index (κ3) is 1.63. The number of anilines is 1. The largest absolute Gasteiger partial charge is 0.381 e. The summed E-state index contributed by atoms with van der Waals surface area (Å²) in [6.45, 7) is 2.83. The van der Waals surface area contributed by atoms with Crippen LogP contribution in [-0.2, 0) is 11.2 Å². The molecule has 1 aromatic rings. The van der Waals surface area contributed by atoms with Gasteiger partial charge in [0.15, 0.2) is 0 Å². The van der Waals surface area contributed by atoms with Crippen LogP contribution < -0.4 is 5.32 Å². The van der Waals surface area contributed by atoms with Crippen LogP contribution >= 0.6 is 0 Å². The van der Waals surface area contributed by atoms with Crippen molar-refractivity contribution in [2.24, 2.45) is 0 Å². The fraction of sp³-hybridized carbons (Fsp3) is 0.727. The molecule has 3 rings (SSSR count). The second kappa shape index (κ2) is 3.85. The Morgan fingerprint density at radius 3 is 3.13 bits per heavy atom. The lowest BCUT2D eigenvalue weighted by atomic mass is 10.1. The van der Waals surface area contributed by atoms with E-state index in [4.69, 9.17) is 4.74 Å². The average Bonchev–Trinajstić information content (AvgIpc) is 2.74. The Morgan fingerprint density at radius 2 is 2.27 bits per heavy atom. The molecule has 0 aromatic carbocycles. The minimum absolute atomic E-state index is 0.535. The van der Waals surface area contributed by atoms with E-state index in [0.717, 1.165) is 32.6 Å². The Balaban J connectivity index is 1.87. The van der Waals surface area contributed by atoms with Crippen molar-refractivity contribution in [1.82, 2.24) is 9.78 Å². The average molecular weight is 207 g/mol. The number of aromatic nitrogens is 2. The molecule has 4 nitrogen and oxygen atoms in total. The lowest BCUT2D eigenvalue weighted by Crippen LogP contribution is -2.23. The first-order chi connectivity index (χ1) is 7.45. The van der Waals surface area contributed by atoms with Crippen LogP contribution in [0, 0.1) is 0 Å². The molecule has 0 unspecified atom stereocenters. The van der Waals surface area contributed by atoms with Crippen molar-refractivity contribution in [3.05, 3.63) is 11.8 Å². The lowest BCUT2D eigenvalue weighted by Gasteiger charge is -2.25. The zero-order valence-electron chi connectivity index (χ0n) is 8.91. The van der Waals surface area contributed by atoms with Gasteiger partial charge >= 0.3 is 0 Å². The molecule has 0 bridgehead atoms. The number of hydrogen-bond acceptors (Lipinski definition) is 3. The quantitative estimate of drug-likeness (QED) is 0.760. The third-order valence-electron chi connectivity index (χ3n) is 3.32. The van der Waals surface area contributed by atoms with Crippen LogP contribution in [0.15, 0.2) is 6.20 Å². The zero-order valence-corrected chi connectivity index (χ0v) is 8.91. The maximum Gasteiger partial charge on any atom is 0.127 e. The van der Waals surface area contributed by atoms with Crippen molar-refractivity contribution >= 4 is 5.82 Å². The summed E-state index contributed by atoms with van der Waals surface area (Å²) in [5, 5.41) is 7.99. The maximum atomic E-state index is 5.38. The number of nitrogens with zero attached hydrogens (tertiary/aromatic N) is 2. The van der Waals surface area contributed by atoms with Gasteiger partial charge in [0.05, 0.1) is 12.2 Å². The molecule has 4 heteroatoms. The molecule has 0 spiro atoms. The summed E-state index contributed by atoms with van der Waals surface area (Å²) in [5.74, 6) is 1.26. The minimum atomic E-state index is 0.535. The van der Waals surface area contributed by atoms with E-state index in [2.05, 4.69) is 15.1 Å². The van der Waals surface area contributed by atoms with Gasteiger partial charge in [0.25, 0.3) is 0 Å². The molecule has 1 fully saturated rings. The number of fused-ring (bicyclic) bond motifs is 1. The highest BCUT2D eigenvalue weighted by molar-refractivity contribution is 5.46. The van der Waals surface area contributed by atoms with E-state index in [9.17, 15) is 0 Å². The second-order valence-corrected chi connectivity index (χ2v) is 4.34. The standard InChI is InChI=1S/C11H17N3O/c1-2-9-8-13-14(11(9)12-5-1)10-3-6-15-7-4-10/h8,10,12H,1-7H2. The first-order valence-corrected chi connectivity index (χ1v) is 5.83. The van der Waals surface area contributed by atoms with Crippen LogP contribution in [0.1, 0.15) is 30.9 Å². The van der Waals surface area contributed by atoms with E-state index in [1.807, 2.05) is 6.20 Å². The van der Waals surface area contributed by atoms with E-state index in [1.165, 1.54) is 24.2 Å². The molecule has 0 aliphatic carbocycles. The molecule has 1 N–H and O–H groups in total. The number of nitrogens with one attached hydrogen (secondary N) is 1. The van der Waals surface area contributed by atoms with E-state index in [0.29, 0.717) is 6.04 Å². The molecule has 1 saturated heterocycles. The molecular formula is C11H17N3O. The highest BCUT2D eigenvalue weighted by atomic mass is 16.5. The van der Waals surface area contributed by atoms with E-state index < -0.39 is 0 Å². The van der Waals surface area contributed by atoms with E-state index in [-0.39, 0.29) is 0 Å². The van der Waals surface area contributed by atoms with Gasteiger partial charge in [-0.1, -0.05) is 0 Å². The predicted octanol–water partition coefficient (Wildman–Crippen LogP) is 1.59. The van der Waals surface area contributed by atoms with Crippen LogP contribution in [0.2, 0.25) is 0 Å². The summed E-state index contributed by atoms with van der Waals surface area (Å²) in [7, 11) is 0. The molecule has 0 saturated carbocycles.